The minimum atomic E-state index is 0.561. The highest BCUT2D eigenvalue weighted by Crippen LogP contribution is 2.15. The van der Waals surface area contributed by atoms with E-state index in [9.17, 15) is 0 Å². The zero-order valence-electron chi connectivity index (χ0n) is 9.96. The molecule has 87 valence electrons. The Balaban J connectivity index is 1.64. The van der Waals surface area contributed by atoms with Crippen molar-refractivity contribution in [3.8, 4) is 0 Å². The van der Waals surface area contributed by atoms with Crippen molar-refractivity contribution in [3.63, 3.8) is 0 Å². The summed E-state index contributed by atoms with van der Waals surface area (Å²) < 4.78 is 0. The maximum absolute atomic E-state index is 4.32. The minimum absolute atomic E-state index is 0.561. The van der Waals surface area contributed by atoms with Gasteiger partial charge in [0.25, 0.3) is 0 Å². The highest BCUT2D eigenvalue weighted by Gasteiger charge is 2.18. The average Bonchev–Trinajstić information content (AvgIpc) is 2.80. The molecule has 0 amide bonds. The van der Waals surface area contributed by atoms with Gasteiger partial charge in [-0.2, -0.15) is 0 Å². The van der Waals surface area contributed by atoms with E-state index >= 15 is 0 Å². The SMILES string of the molecule is [CH2]C(CCN1CCCC1)N1CCCCC1. The molecular formula is C13H25N2. The van der Waals surface area contributed by atoms with Gasteiger partial charge in [0.05, 0.1) is 0 Å². The lowest BCUT2D eigenvalue weighted by molar-refractivity contribution is 0.169. The minimum Gasteiger partial charge on any atom is -0.303 e. The molecule has 0 aliphatic carbocycles. The third-order valence-electron chi connectivity index (χ3n) is 3.88. The fourth-order valence-corrected chi connectivity index (χ4v) is 2.80. The second kappa shape index (κ2) is 5.86. The van der Waals surface area contributed by atoms with Gasteiger partial charge in [-0.05, 0) is 71.8 Å². The molecule has 1 atom stereocenters. The van der Waals surface area contributed by atoms with Crippen molar-refractivity contribution in [2.75, 3.05) is 32.7 Å². The molecule has 0 spiro atoms. The first-order chi connectivity index (χ1) is 7.36. The molecule has 0 bridgehead atoms. The molecule has 2 nitrogen and oxygen atoms in total. The quantitative estimate of drug-likeness (QED) is 0.700. The van der Waals surface area contributed by atoms with Crippen LogP contribution in [-0.4, -0.2) is 48.6 Å². The first-order valence-corrected chi connectivity index (χ1v) is 6.66. The van der Waals surface area contributed by atoms with Gasteiger partial charge in [0.1, 0.15) is 0 Å². The topological polar surface area (TPSA) is 6.48 Å². The van der Waals surface area contributed by atoms with Gasteiger partial charge in [-0.1, -0.05) is 6.42 Å². The van der Waals surface area contributed by atoms with Crippen LogP contribution in [0.2, 0.25) is 0 Å². The van der Waals surface area contributed by atoms with Crippen LogP contribution in [0, 0.1) is 6.92 Å². The summed E-state index contributed by atoms with van der Waals surface area (Å²) >= 11 is 0. The summed E-state index contributed by atoms with van der Waals surface area (Å²) in [6.07, 6.45) is 8.28. The van der Waals surface area contributed by atoms with Crippen molar-refractivity contribution in [3.05, 3.63) is 6.92 Å². The van der Waals surface area contributed by atoms with E-state index in [4.69, 9.17) is 0 Å². The zero-order chi connectivity index (χ0) is 10.5. The van der Waals surface area contributed by atoms with Crippen LogP contribution in [0.25, 0.3) is 0 Å². The number of hydrogen-bond acceptors (Lipinski definition) is 2. The van der Waals surface area contributed by atoms with Crippen LogP contribution in [-0.2, 0) is 0 Å². The lowest BCUT2D eigenvalue weighted by Crippen LogP contribution is -2.39. The predicted octanol–water partition coefficient (Wildman–Crippen LogP) is 2.16. The summed E-state index contributed by atoms with van der Waals surface area (Å²) in [6.45, 7) is 10.8. The molecule has 2 saturated heterocycles. The summed E-state index contributed by atoms with van der Waals surface area (Å²) in [5.74, 6) is 0. The Bertz CT molecular complexity index is 169. The highest BCUT2D eigenvalue weighted by molar-refractivity contribution is 4.78. The van der Waals surface area contributed by atoms with Crippen molar-refractivity contribution >= 4 is 0 Å². The molecule has 0 N–H and O–H groups in total. The Morgan fingerprint density at radius 1 is 0.867 bits per heavy atom. The molecule has 2 fully saturated rings. The first kappa shape index (κ1) is 11.4. The lowest BCUT2D eigenvalue weighted by Gasteiger charge is -2.33. The molecular weight excluding hydrogens is 184 g/mol. The standard InChI is InChI=1S/C13H25N2/c1-13(15-10-3-2-4-11-15)7-12-14-8-5-6-9-14/h13H,1-12H2. The van der Waals surface area contributed by atoms with Crippen molar-refractivity contribution in [1.82, 2.24) is 9.80 Å². The summed E-state index contributed by atoms with van der Waals surface area (Å²) in [5, 5.41) is 0. The van der Waals surface area contributed by atoms with Crippen molar-refractivity contribution in [2.24, 2.45) is 0 Å². The molecule has 2 aliphatic heterocycles. The van der Waals surface area contributed by atoms with Gasteiger partial charge in [-0.3, -0.25) is 0 Å². The highest BCUT2D eigenvalue weighted by atomic mass is 15.2. The third kappa shape index (κ3) is 3.46. The Morgan fingerprint density at radius 2 is 1.47 bits per heavy atom. The molecule has 15 heavy (non-hydrogen) atoms. The van der Waals surface area contributed by atoms with E-state index in [1.807, 2.05) is 0 Å². The molecule has 2 heteroatoms. The van der Waals surface area contributed by atoms with Gasteiger partial charge in [-0.25, -0.2) is 0 Å². The fraction of sp³-hybridized carbons (Fsp3) is 0.923. The molecule has 0 saturated carbocycles. The van der Waals surface area contributed by atoms with Gasteiger partial charge in [0, 0.05) is 6.04 Å². The maximum Gasteiger partial charge on any atom is 0.0108 e. The Labute approximate surface area is 94.6 Å². The van der Waals surface area contributed by atoms with Gasteiger partial charge >= 0.3 is 0 Å². The first-order valence-electron chi connectivity index (χ1n) is 6.66. The summed E-state index contributed by atoms with van der Waals surface area (Å²) in [5.41, 5.74) is 0. The molecule has 0 aromatic heterocycles. The largest absolute Gasteiger partial charge is 0.303 e. The van der Waals surface area contributed by atoms with Crippen LogP contribution in [0.15, 0.2) is 0 Å². The van der Waals surface area contributed by atoms with Crippen LogP contribution in [0.5, 0.6) is 0 Å². The van der Waals surface area contributed by atoms with E-state index in [1.165, 1.54) is 71.2 Å². The Kier molecular flexibility index (Phi) is 4.45. The van der Waals surface area contributed by atoms with Gasteiger partial charge in [-0.15, -0.1) is 0 Å². The number of piperidine rings is 1. The van der Waals surface area contributed by atoms with Crippen LogP contribution < -0.4 is 0 Å². The number of hydrogen-bond donors (Lipinski definition) is 0. The average molecular weight is 209 g/mol. The molecule has 1 unspecified atom stereocenters. The molecule has 2 rings (SSSR count). The normalized spacial score (nSPS) is 27.0. The molecule has 2 aliphatic rings. The molecule has 0 aromatic carbocycles. The summed E-state index contributed by atoms with van der Waals surface area (Å²) in [6, 6.07) is 0.561. The molecule has 0 aromatic rings. The number of nitrogens with zero attached hydrogens (tertiary/aromatic N) is 2. The third-order valence-corrected chi connectivity index (χ3v) is 3.88. The summed E-state index contributed by atoms with van der Waals surface area (Å²) in [4.78, 5) is 5.18. The number of likely N-dealkylation sites (tertiary alicyclic amines) is 2. The van der Waals surface area contributed by atoms with Crippen molar-refractivity contribution < 1.29 is 0 Å². The van der Waals surface area contributed by atoms with Crippen molar-refractivity contribution in [2.45, 2.75) is 44.6 Å². The second-order valence-electron chi connectivity index (χ2n) is 5.09. The van der Waals surface area contributed by atoms with E-state index < -0.39 is 0 Å². The zero-order valence-corrected chi connectivity index (χ0v) is 9.96. The van der Waals surface area contributed by atoms with Crippen LogP contribution in [0.4, 0.5) is 0 Å². The number of rotatable bonds is 4. The fourth-order valence-electron chi connectivity index (χ4n) is 2.80. The monoisotopic (exact) mass is 209 g/mol. The van der Waals surface area contributed by atoms with E-state index in [2.05, 4.69) is 16.7 Å². The van der Waals surface area contributed by atoms with Crippen LogP contribution in [0.3, 0.4) is 0 Å². The predicted molar refractivity (Wildman–Crippen MR) is 64.9 cm³/mol. The Morgan fingerprint density at radius 3 is 2.13 bits per heavy atom. The van der Waals surface area contributed by atoms with E-state index in [-0.39, 0.29) is 0 Å². The van der Waals surface area contributed by atoms with E-state index in [0.717, 1.165) is 0 Å². The van der Waals surface area contributed by atoms with E-state index in [0.29, 0.717) is 6.04 Å². The van der Waals surface area contributed by atoms with Crippen molar-refractivity contribution in [1.29, 1.82) is 0 Å². The maximum atomic E-state index is 4.32. The van der Waals surface area contributed by atoms with Crippen LogP contribution in [0.1, 0.15) is 38.5 Å². The summed E-state index contributed by atoms with van der Waals surface area (Å²) in [7, 11) is 0. The smallest absolute Gasteiger partial charge is 0.0108 e. The van der Waals surface area contributed by atoms with Gasteiger partial charge in [0.2, 0.25) is 0 Å². The van der Waals surface area contributed by atoms with Crippen LogP contribution >= 0.6 is 0 Å². The van der Waals surface area contributed by atoms with E-state index in [1.54, 1.807) is 0 Å². The molecule has 2 heterocycles. The van der Waals surface area contributed by atoms with Gasteiger partial charge < -0.3 is 9.80 Å². The molecule has 1 radical (unpaired) electrons. The lowest BCUT2D eigenvalue weighted by atomic mass is 10.1. The van der Waals surface area contributed by atoms with Gasteiger partial charge in [0.15, 0.2) is 0 Å². The Hall–Kier alpha value is -0.0800. The second-order valence-corrected chi connectivity index (χ2v) is 5.09.